The third-order valence-electron chi connectivity index (χ3n) is 2.64. The zero-order valence-electron chi connectivity index (χ0n) is 11.6. The molecule has 0 fully saturated rings. The molecule has 0 spiro atoms. The van der Waals surface area contributed by atoms with Gasteiger partial charge in [-0.25, -0.2) is 4.39 Å². The van der Waals surface area contributed by atoms with Crippen molar-refractivity contribution in [1.82, 2.24) is 4.72 Å². The molecule has 1 aromatic carbocycles. The van der Waals surface area contributed by atoms with E-state index in [1.807, 2.05) is 0 Å². The first kappa shape index (κ1) is 18.7. The summed E-state index contributed by atoms with van der Waals surface area (Å²) in [6, 6.07) is 4.85. The topological polar surface area (TPSA) is 52.2 Å². The van der Waals surface area contributed by atoms with Gasteiger partial charge in [0.25, 0.3) is 0 Å². The van der Waals surface area contributed by atoms with Gasteiger partial charge in [0, 0.05) is 16.9 Å². The van der Waals surface area contributed by atoms with Crippen LogP contribution in [-0.4, -0.2) is 21.5 Å². The largest absolute Gasteiger partial charge is 0.598 e. The molecule has 118 valence electrons. The first-order valence-corrected chi connectivity index (χ1v) is 8.16. The molecule has 2 atom stereocenters. The van der Waals surface area contributed by atoms with Crippen molar-refractivity contribution in [1.29, 1.82) is 0 Å². The molecule has 21 heavy (non-hydrogen) atoms. The first-order chi connectivity index (χ1) is 9.45. The fourth-order valence-electron chi connectivity index (χ4n) is 1.41. The van der Waals surface area contributed by atoms with Crippen LogP contribution in [0.1, 0.15) is 26.3 Å². The van der Waals surface area contributed by atoms with Gasteiger partial charge in [-0.05, 0) is 49.4 Å². The van der Waals surface area contributed by atoms with Crippen LogP contribution < -0.4 is 4.72 Å². The molecule has 0 amide bonds. The number of carbonyl (C=O) groups excluding carboxylic acids is 1. The van der Waals surface area contributed by atoms with Crippen molar-refractivity contribution in [3.63, 3.8) is 0 Å². The molecular formula is C13H15F3INO2S. The van der Waals surface area contributed by atoms with Gasteiger partial charge in [-0.1, -0.05) is 18.2 Å². The molecule has 0 aliphatic heterocycles. The molecule has 1 aromatic rings. The number of rotatable bonds is 5. The highest BCUT2D eigenvalue weighted by Gasteiger charge is 2.58. The summed E-state index contributed by atoms with van der Waals surface area (Å²) in [6.07, 6.45) is -0.571. The average molecular weight is 433 g/mol. The lowest BCUT2D eigenvalue weighted by Gasteiger charge is -2.36. The van der Waals surface area contributed by atoms with Crippen LogP contribution in [0.25, 0.3) is 0 Å². The van der Waals surface area contributed by atoms with Crippen molar-refractivity contribution in [2.45, 2.75) is 35.0 Å². The van der Waals surface area contributed by atoms with Crippen molar-refractivity contribution < 1.29 is 22.5 Å². The van der Waals surface area contributed by atoms with Crippen LogP contribution in [0.5, 0.6) is 0 Å². The minimum Gasteiger partial charge on any atom is -0.598 e. The van der Waals surface area contributed by atoms with Gasteiger partial charge in [0.05, 0.1) is 0 Å². The third kappa shape index (κ3) is 3.91. The monoisotopic (exact) mass is 433 g/mol. The van der Waals surface area contributed by atoms with E-state index in [0.29, 0.717) is 0 Å². The Labute approximate surface area is 138 Å². The van der Waals surface area contributed by atoms with E-state index < -0.39 is 43.2 Å². The summed E-state index contributed by atoms with van der Waals surface area (Å²) in [5.74, 6) is -4.86. The van der Waals surface area contributed by atoms with Crippen LogP contribution in [0.4, 0.5) is 13.2 Å². The molecule has 8 heteroatoms. The van der Waals surface area contributed by atoms with Gasteiger partial charge >= 0.3 is 5.92 Å². The van der Waals surface area contributed by atoms with Crippen LogP contribution in [0.2, 0.25) is 0 Å². The smallest absolute Gasteiger partial charge is 0.337 e. The summed E-state index contributed by atoms with van der Waals surface area (Å²) in [4.78, 5) is 10.8. The number of hydrogen-bond acceptors (Lipinski definition) is 3. The Morgan fingerprint density at radius 3 is 2.24 bits per heavy atom. The summed E-state index contributed by atoms with van der Waals surface area (Å²) in [7, 11) is 0. The molecule has 1 rings (SSSR count). The molecule has 3 nitrogen and oxygen atoms in total. The van der Waals surface area contributed by atoms with Crippen LogP contribution in [0.15, 0.2) is 24.3 Å². The molecule has 0 aliphatic carbocycles. The van der Waals surface area contributed by atoms with Gasteiger partial charge in [0.15, 0.2) is 6.29 Å². The van der Waals surface area contributed by atoms with Gasteiger partial charge in [-0.15, -0.1) is 4.72 Å². The molecule has 0 saturated heterocycles. The quantitative estimate of drug-likeness (QED) is 0.255. The van der Waals surface area contributed by atoms with Crippen LogP contribution in [0, 0.1) is 5.82 Å². The second kappa shape index (κ2) is 6.43. The van der Waals surface area contributed by atoms with Gasteiger partial charge < -0.3 is 4.55 Å². The maximum atomic E-state index is 14.1. The molecule has 0 radical (unpaired) electrons. The Bertz CT molecular complexity index is 524. The lowest BCUT2D eigenvalue weighted by Crippen LogP contribution is -2.57. The lowest BCUT2D eigenvalue weighted by molar-refractivity contribution is -0.134. The van der Waals surface area contributed by atoms with Crippen LogP contribution in [-0.2, 0) is 19.7 Å². The minimum absolute atomic E-state index is 0.430. The molecular weight excluding hydrogens is 418 g/mol. The van der Waals surface area contributed by atoms with E-state index in [1.54, 1.807) is 20.8 Å². The molecule has 0 aliphatic rings. The van der Waals surface area contributed by atoms with E-state index in [2.05, 4.69) is 4.72 Å². The molecule has 1 unspecified atom stereocenters. The number of nitrogens with one attached hydrogen (secondary N) is 1. The van der Waals surface area contributed by atoms with Crippen LogP contribution in [0.3, 0.4) is 0 Å². The Balaban J connectivity index is 3.39. The summed E-state index contributed by atoms with van der Waals surface area (Å²) in [5, 5.41) is 0. The normalized spacial score (nSPS) is 17.1. The van der Waals surface area contributed by atoms with E-state index in [-0.39, 0.29) is 0 Å². The average Bonchev–Trinajstić information content (AvgIpc) is 2.37. The van der Waals surface area contributed by atoms with Gasteiger partial charge in [0.2, 0.25) is 3.55 Å². The molecule has 0 saturated carbocycles. The standard InChI is InChI=1S/C13H15F3INO2S/c1-11(2,3)21(20)18-13(17,12(15,16)8-19)9-6-4-5-7-10(9)14/h4-8,18H,1-3H3/t13-,21?/m1/s1. The second-order valence-electron chi connectivity index (χ2n) is 5.36. The van der Waals surface area contributed by atoms with Crippen LogP contribution >= 0.6 is 22.6 Å². The Hall–Kier alpha value is -0.320. The Morgan fingerprint density at radius 2 is 1.81 bits per heavy atom. The van der Waals surface area contributed by atoms with E-state index in [1.165, 1.54) is 34.7 Å². The van der Waals surface area contributed by atoms with Gasteiger partial charge in [-0.2, -0.15) is 8.78 Å². The maximum Gasteiger partial charge on any atom is 0.337 e. The highest BCUT2D eigenvalue weighted by atomic mass is 127. The highest BCUT2D eigenvalue weighted by Crippen LogP contribution is 2.44. The van der Waals surface area contributed by atoms with Gasteiger partial charge in [-0.3, -0.25) is 4.79 Å². The maximum absolute atomic E-state index is 14.1. The van der Waals surface area contributed by atoms with Crippen molar-refractivity contribution in [3.05, 3.63) is 35.6 Å². The number of carbonyl (C=O) groups is 1. The molecule has 0 aromatic heterocycles. The fraction of sp³-hybridized carbons (Fsp3) is 0.462. The fourth-order valence-corrected chi connectivity index (χ4v) is 3.38. The molecule has 0 heterocycles. The summed E-state index contributed by atoms with van der Waals surface area (Å²) < 4.78 is 53.1. The number of hydrogen-bond donors (Lipinski definition) is 1. The number of aldehydes is 1. The predicted octanol–water partition coefficient (Wildman–Crippen LogP) is 3.30. The van der Waals surface area contributed by atoms with E-state index >= 15 is 0 Å². The lowest BCUT2D eigenvalue weighted by atomic mass is 10.0. The first-order valence-electron chi connectivity index (χ1n) is 5.93. The SMILES string of the molecule is CC(C)(C)[S+]([O-])N[C@](I)(c1ccccc1F)C(F)(F)C=O. The van der Waals surface area contributed by atoms with Crippen molar-refractivity contribution >= 4 is 40.2 Å². The zero-order valence-corrected chi connectivity index (χ0v) is 14.6. The number of benzene rings is 1. The van der Waals surface area contributed by atoms with Crippen molar-refractivity contribution in [3.8, 4) is 0 Å². The van der Waals surface area contributed by atoms with E-state index in [4.69, 9.17) is 0 Å². The Morgan fingerprint density at radius 1 is 1.29 bits per heavy atom. The summed E-state index contributed by atoms with van der Waals surface area (Å²) in [5.41, 5.74) is -0.430. The molecule has 0 bridgehead atoms. The number of alkyl halides is 3. The Kier molecular flexibility index (Phi) is 5.73. The van der Waals surface area contributed by atoms with Crippen molar-refractivity contribution in [2.75, 3.05) is 0 Å². The highest BCUT2D eigenvalue weighted by molar-refractivity contribution is 14.1. The van der Waals surface area contributed by atoms with Gasteiger partial charge in [0.1, 0.15) is 10.6 Å². The zero-order chi connectivity index (χ0) is 16.5. The van der Waals surface area contributed by atoms with Crippen molar-refractivity contribution in [2.24, 2.45) is 0 Å². The summed E-state index contributed by atoms with van der Waals surface area (Å²) in [6.45, 7) is 4.73. The summed E-state index contributed by atoms with van der Waals surface area (Å²) >= 11 is -0.688. The number of halogens is 4. The predicted molar refractivity (Wildman–Crippen MR) is 84.1 cm³/mol. The third-order valence-corrected chi connectivity index (χ3v) is 6.18. The minimum atomic E-state index is -3.95. The molecule has 1 N–H and O–H groups in total. The second-order valence-corrected chi connectivity index (χ2v) is 8.95. The van der Waals surface area contributed by atoms with E-state index in [9.17, 15) is 22.5 Å². The van der Waals surface area contributed by atoms with E-state index in [0.717, 1.165) is 12.1 Å².